The topological polar surface area (TPSA) is 69.0 Å². The van der Waals surface area contributed by atoms with E-state index in [1.165, 1.54) is 12.1 Å². The molecule has 0 saturated heterocycles. The third kappa shape index (κ3) is 5.24. The number of hydrogen-bond acceptors (Lipinski definition) is 4. The summed E-state index contributed by atoms with van der Waals surface area (Å²) in [6, 6.07) is 8.13. The molecule has 0 aliphatic heterocycles. The normalized spacial score (nSPS) is 14.2. The summed E-state index contributed by atoms with van der Waals surface area (Å²) in [6.45, 7) is -0.900. The number of anilines is 1. The zero-order valence-corrected chi connectivity index (χ0v) is 15.4. The summed E-state index contributed by atoms with van der Waals surface area (Å²) in [5, 5.41) is 8.08. The molecule has 1 saturated carbocycles. The van der Waals surface area contributed by atoms with Gasteiger partial charge in [0.25, 0.3) is 0 Å². The van der Waals surface area contributed by atoms with Gasteiger partial charge in [0.2, 0.25) is 5.91 Å². The number of pyridine rings is 1. The molecule has 0 bridgehead atoms. The van der Waals surface area contributed by atoms with E-state index in [1.807, 2.05) is 0 Å². The van der Waals surface area contributed by atoms with E-state index in [2.05, 4.69) is 15.4 Å². The van der Waals surface area contributed by atoms with E-state index in [4.69, 9.17) is 4.74 Å². The predicted molar refractivity (Wildman–Crippen MR) is 101 cm³/mol. The third-order valence-electron chi connectivity index (χ3n) is 4.58. The van der Waals surface area contributed by atoms with Gasteiger partial charge < -0.3 is 10.1 Å². The minimum Gasteiger partial charge on any atom is -0.484 e. The molecule has 1 aliphatic rings. The van der Waals surface area contributed by atoms with Crippen molar-refractivity contribution in [3.05, 3.63) is 48.3 Å². The van der Waals surface area contributed by atoms with Crippen LogP contribution in [0.2, 0.25) is 0 Å². The lowest BCUT2D eigenvalue weighted by Crippen LogP contribution is -2.19. The molecule has 0 radical (unpaired) electrons. The van der Waals surface area contributed by atoms with Crippen molar-refractivity contribution >= 4 is 22.6 Å². The summed E-state index contributed by atoms with van der Waals surface area (Å²) < 4.78 is 43.1. The van der Waals surface area contributed by atoms with Gasteiger partial charge in [-0.3, -0.25) is 9.48 Å². The van der Waals surface area contributed by atoms with Crippen LogP contribution in [0.4, 0.5) is 19.0 Å². The lowest BCUT2D eigenvalue weighted by Gasteiger charge is -2.09. The summed E-state index contributed by atoms with van der Waals surface area (Å²) in [7, 11) is 0. The lowest BCUT2D eigenvalue weighted by atomic mass is 10.2. The molecule has 0 atom stereocenters. The Morgan fingerprint density at radius 1 is 1.21 bits per heavy atom. The van der Waals surface area contributed by atoms with Crippen LogP contribution in [0.15, 0.2) is 42.7 Å². The molecular weight excluding hydrogens is 385 g/mol. The van der Waals surface area contributed by atoms with Crippen molar-refractivity contribution in [1.29, 1.82) is 0 Å². The number of rotatable bonds is 7. The number of alkyl halides is 3. The molecule has 0 spiro atoms. The average molecular weight is 404 g/mol. The van der Waals surface area contributed by atoms with E-state index in [-0.39, 0.29) is 11.7 Å². The predicted octanol–water partition coefficient (Wildman–Crippen LogP) is 4.16. The molecule has 4 rings (SSSR count). The van der Waals surface area contributed by atoms with Crippen LogP contribution >= 0.6 is 0 Å². The molecule has 6 nitrogen and oxygen atoms in total. The Kier molecular flexibility index (Phi) is 5.12. The standard InChI is InChI=1S/C20H19F3N4O2/c21-20(22,23)12-29-15-5-3-14(4-6-15)10-27-11-16-17(26-27)7-8-24-19(16)25-18(28)9-13-1-2-13/h3-8,11,13H,1-2,9-10,12H2,(H,24,25,28). The Hall–Kier alpha value is -3.10. The number of amides is 1. The van der Waals surface area contributed by atoms with Crippen molar-refractivity contribution in [1.82, 2.24) is 14.8 Å². The number of hydrogen-bond donors (Lipinski definition) is 1. The van der Waals surface area contributed by atoms with Gasteiger partial charge in [-0.25, -0.2) is 4.98 Å². The largest absolute Gasteiger partial charge is 0.484 e. The van der Waals surface area contributed by atoms with Gasteiger partial charge in [-0.15, -0.1) is 0 Å². The Bertz CT molecular complexity index is 1010. The molecule has 2 heterocycles. The highest BCUT2D eigenvalue weighted by atomic mass is 19.4. The van der Waals surface area contributed by atoms with Gasteiger partial charge in [-0.1, -0.05) is 12.1 Å². The molecule has 1 N–H and O–H groups in total. The van der Waals surface area contributed by atoms with Crippen LogP contribution in [-0.4, -0.2) is 33.5 Å². The number of carbonyl (C=O) groups is 1. The number of carbonyl (C=O) groups excluding carboxylic acids is 1. The average Bonchev–Trinajstić information content (AvgIpc) is 3.37. The Labute approximate surface area is 164 Å². The van der Waals surface area contributed by atoms with Crippen molar-refractivity contribution < 1.29 is 22.7 Å². The number of aromatic nitrogens is 3. The van der Waals surface area contributed by atoms with Crippen LogP contribution in [0.5, 0.6) is 5.75 Å². The van der Waals surface area contributed by atoms with Crippen LogP contribution in [0, 0.1) is 5.92 Å². The maximum absolute atomic E-state index is 12.2. The van der Waals surface area contributed by atoms with Crippen LogP contribution in [0.25, 0.3) is 10.9 Å². The first-order valence-corrected chi connectivity index (χ1v) is 9.26. The summed E-state index contributed by atoms with van der Waals surface area (Å²) in [5.74, 6) is 1.08. The molecule has 152 valence electrons. The first-order valence-electron chi connectivity index (χ1n) is 9.26. The van der Waals surface area contributed by atoms with E-state index >= 15 is 0 Å². The third-order valence-corrected chi connectivity index (χ3v) is 4.58. The number of nitrogens with zero attached hydrogens (tertiary/aromatic N) is 3. The quantitative estimate of drug-likeness (QED) is 0.642. The molecule has 29 heavy (non-hydrogen) atoms. The zero-order valence-electron chi connectivity index (χ0n) is 15.4. The van der Waals surface area contributed by atoms with Crippen molar-refractivity contribution in [2.45, 2.75) is 32.0 Å². The van der Waals surface area contributed by atoms with E-state index in [0.29, 0.717) is 30.2 Å². The minimum absolute atomic E-state index is 0.0466. The van der Waals surface area contributed by atoms with Gasteiger partial charge >= 0.3 is 6.18 Å². The van der Waals surface area contributed by atoms with Crippen LogP contribution in [0.3, 0.4) is 0 Å². The van der Waals surface area contributed by atoms with Crippen molar-refractivity contribution in [3.63, 3.8) is 0 Å². The highest BCUT2D eigenvalue weighted by molar-refractivity contribution is 5.99. The van der Waals surface area contributed by atoms with Gasteiger partial charge in [0.05, 0.1) is 17.4 Å². The van der Waals surface area contributed by atoms with Crippen molar-refractivity contribution in [3.8, 4) is 5.75 Å². The zero-order chi connectivity index (χ0) is 20.4. The smallest absolute Gasteiger partial charge is 0.422 e. The Balaban J connectivity index is 1.44. The number of benzene rings is 1. The van der Waals surface area contributed by atoms with Gasteiger partial charge in [-0.2, -0.15) is 18.3 Å². The number of halogens is 3. The van der Waals surface area contributed by atoms with Gasteiger partial charge in [0.15, 0.2) is 6.61 Å². The van der Waals surface area contributed by atoms with E-state index in [0.717, 1.165) is 23.8 Å². The first kappa shape index (κ1) is 19.2. The van der Waals surface area contributed by atoms with Crippen molar-refractivity contribution in [2.24, 2.45) is 5.92 Å². The molecule has 1 aromatic carbocycles. The molecule has 1 fully saturated rings. The fraction of sp³-hybridized carbons (Fsp3) is 0.350. The van der Waals surface area contributed by atoms with E-state index in [9.17, 15) is 18.0 Å². The van der Waals surface area contributed by atoms with E-state index < -0.39 is 12.8 Å². The summed E-state index contributed by atoms with van der Waals surface area (Å²) >= 11 is 0. The lowest BCUT2D eigenvalue weighted by molar-refractivity contribution is -0.153. The van der Waals surface area contributed by atoms with Gasteiger partial charge in [-0.05, 0) is 42.5 Å². The van der Waals surface area contributed by atoms with E-state index in [1.54, 1.807) is 35.3 Å². The SMILES string of the molecule is O=C(CC1CC1)Nc1nccc2nn(Cc3ccc(OCC(F)(F)F)cc3)cc12. The second kappa shape index (κ2) is 7.73. The maximum atomic E-state index is 12.2. The fourth-order valence-electron chi connectivity index (χ4n) is 2.98. The first-order chi connectivity index (χ1) is 13.9. The highest BCUT2D eigenvalue weighted by Gasteiger charge is 2.28. The second-order valence-corrected chi connectivity index (χ2v) is 7.16. The number of fused-ring (bicyclic) bond motifs is 1. The fourth-order valence-corrected chi connectivity index (χ4v) is 2.98. The van der Waals surface area contributed by atoms with Gasteiger partial charge in [0.1, 0.15) is 11.6 Å². The molecule has 1 aliphatic carbocycles. The maximum Gasteiger partial charge on any atom is 0.422 e. The second-order valence-electron chi connectivity index (χ2n) is 7.16. The molecule has 2 aromatic heterocycles. The number of ether oxygens (including phenoxy) is 1. The molecular formula is C20H19F3N4O2. The Morgan fingerprint density at radius 3 is 2.66 bits per heavy atom. The Morgan fingerprint density at radius 2 is 1.97 bits per heavy atom. The van der Waals surface area contributed by atoms with Crippen LogP contribution in [0.1, 0.15) is 24.8 Å². The number of nitrogens with one attached hydrogen (secondary N) is 1. The molecule has 3 aromatic rings. The van der Waals surface area contributed by atoms with Crippen LogP contribution < -0.4 is 10.1 Å². The van der Waals surface area contributed by atoms with Crippen LogP contribution in [-0.2, 0) is 11.3 Å². The minimum atomic E-state index is -4.37. The molecule has 9 heteroatoms. The molecule has 1 amide bonds. The monoisotopic (exact) mass is 404 g/mol. The highest BCUT2D eigenvalue weighted by Crippen LogP contribution is 2.32. The van der Waals surface area contributed by atoms with Gasteiger partial charge in [0, 0.05) is 18.8 Å². The summed E-state index contributed by atoms with van der Waals surface area (Å²) in [4.78, 5) is 16.3. The molecule has 0 unspecified atom stereocenters. The summed E-state index contributed by atoms with van der Waals surface area (Å²) in [6.07, 6.45) is 1.73. The summed E-state index contributed by atoms with van der Waals surface area (Å²) in [5.41, 5.74) is 1.55. The van der Waals surface area contributed by atoms with Crippen molar-refractivity contribution in [2.75, 3.05) is 11.9 Å².